The molecule has 0 amide bonds. The molecular weight excluding hydrogens is 534 g/mol. The summed E-state index contributed by atoms with van der Waals surface area (Å²) in [6.07, 6.45) is 0.703. The number of rotatable bonds is 6. The normalized spacial score (nSPS) is 12.2. The fraction of sp³-hybridized carbons (Fsp3) is 0.238. The van der Waals surface area contributed by atoms with E-state index in [1.54, 1.807) is 38.1 Å². The van der Waals surface area contributed by atoms with E-state index >= 15 is 0 Å². The van der Waals surface area contributed by atoms with E-state index in [1.807, 2.05) is 6.07 Å². The fourth-order valence-corrected chi connectivity index (χ4v) is 3.61. The van der Waals surface area contributed by atoms with Crippen LogP contribution < -0.4 is 15.0 Å². The van der Waals surface area contributed by atoms with Gasteiger partial charge in [0.05, 0.1) is 31.3 Å². The smallest absolute Gasteiger partial charge is 0.346 e. The molecule has 0 spiro atoms. The van der Waals surface area contributed by atoms with Gasteiger partial charge < -0.3 is 14.2 Å². The number of carbonyl (C=O) groups excluding carboxylic acids is 1. The zero-order chi connectivity index (χ0) is 22.7. The molecule has 8 nitrogen and oxygen atoms in total. The van der Waals surface area contributed by atoms with Gasteiger partial charge >= 0.3 is 5.97 Å². The van der Waals surface area contributed by atoms with Gasteiger partial charge in [0.25, 0.3) is 5.56 Å². The van der Waals surface area contributed by atoms with Crippen molar-refractivity contribution in [1.82, 2.24) is 9.66 Å². The highest BCUT2D eigenvalue weighted by atomic mass is 79.9. The number of aromatic nitrogens is 2. The summed E-state index contributed by atoms with van der Waals surface area (Å²) in [6.45, 7) is 3.29. The van der Waals surface area contributed by atoms with Gasteiger partial charge in [0.1, 0.15) is 5.82 Å². The van der Waals surface area contributed by atoms with Crippen LogP contribution in [-0.2, 0) is 9.53 Å². The highest BCUT2D eigenvalue weighted by Gasteiger charge is 2.18. The van der Waals surface area contributed by atoms with Crippen LogP contribution in [0.4, 0.5) is 0 Å². The molecule has 0 N–H and O–H groups in total. The number of aryl methyl sites for hydroxylation is 1. The van der Waals surface area contributed by atoms with Crippen LogP contribution in [0.2, 0.25) is 0 Å². The second-order valence-corrected chi connectivity index (χ2v) is 8.26. The van der Waals surface area contributed by atoms with Crippen molar-refractivity contribution in [3.05, 3.63) is 61.0 Å². The zero-order valence-corrected chi connectivity index (χ0v) is 20.4. The zero-order valence-electron chi connectivity index (χ0n) is 17.2. The molecule has 10 heteroatoms. The maximum atomic E-state index is 12.9. The third kappa shape index (κ3) is 4.96. The first-order chi connectivity index (χ1) is 14.7. The molecule has 0 bridgehead atoms. The minimum atomic E-state index is -0.811. The molecule has 3 rings (SSSR count). The van der Waals surface area contributed by atoms with Crippen molar-refractivity contribution < 1.29 is 19.0 Å². The first-order valence-electron chi connectivity index (χ1n) is 9.10. The van der Waals surface area contributed by atoms with Crippen molar-refractivity contribution in [3.63, 3.8) is 0 Å². The molecule has 1 atom stereocenters. The maximum Gasteiger partial charge on any atom is 0.346 e. The highest BCUT2D eigenvalue weighted by molar-refractivity contribution is 9.10. The lowest BCUT2D eigenvalue weighted by atomic mass is 10.2. The van der Waals surface area contributed by atoms with Crippen LogP contribution in [0.1, 0.15) is 18.3 Å². The average molecular weight is 553 g/mol. The van der Waals surface area contributed by atoms with E-state index in [1.165, 1.54) is 25.1 Å². The number of halogens is 2. The van der Waals surface area contributed by atoms with Crippen LogP contribution in [0.15, 0.2) is 49.2 Å². The first-order valence-corrected chi connectivity index (χ1v) is 10.7. The van der Waals surface area contributed by atoms with Gasteiger partial charge in [0, 0.05) is 14.5 Å². The second-order valence-electron chi connectivity index (χ2n) is 6.49. The Balaban J connectivity index is 1.99. The number of methoxy groups -OCH3 is 2. The molecule has 1 aromatic heterocycles. The topological polar surface area (TPSA) is 92.0 Å². The predicted molar refractivity (Wildman–Crippen MR) is 124 cm³/mol. The number of benzene rings is 2. The maximum absolute atomic E-state index is 12.9. The molecule has 0 fully saturated rings. The first kappa shape index (κ1) is 23.0. The summed E-state index contributed by atoms with van der Waals surface area (Å²) >= 11 is 6.83. The van der Waals surface area contributed by atoms with Crippen molar-refractivity contribution in [2.45, 2.75) is 20.0 Å². The van der Waals surface area contributed by atoms with Crippen LogP contribution >= 0.6 is 31.9 Å². The van der Waals surface area contributed by atoms with Gasteiger partial charge in [-0.15, -0.1) is 0 Å². The second kappa shape index (κ2) is 9.61. The molecule has 0 radical (unpaired) electrons. The quantitative estimate of drug-likeness (QED) is 0.338. The van der Waals surface area contributed by atoms with Gasteiger partial charge in [-0.3, -0.25) is 4.79 Å². The van der Waals surface area contributed by atoms with Crippen LogP contribution in [0, 0.1) is 6.92 Å². The van der Waals surface area contributed by atoms with Crippen molar-refractivity contribution in [2.24, 2.45) is 5.10 Å². The van der Waals surface area contributed by atoms with Gasteiger partial charge in [-0.1, -0.05) is 15.9 Å². The van der Waals surface area contributed by atoms with Crippen molar-refractivity contribution >= 4 is 54.9 Å². The van der Waals surface area contributed by atoms with E-state index in [0.29, 0.717) is 38.3 Å². The highest BCUT2D eigenvalue weighted by Crippen LogP contribution is 2.33. The summed E-state index contributed by atoms with van der Waals surface area (Å²) in [4.78, 5) is 29.0. The Bertz CT molecular complexity index is 1240. The number of hydrogen-bond donors (Lipinski definition) is 0. The molecule has 162 valence electrons. The molecule has 31 heavy (non-hydrogen) atoms. The van der Waals surface area contributed by atoms with E-state index in [4.69, 9.17) is 9.47 Å². The summed E-state index contributed by atoms with van der Waals surface area (Å²) in [7, 11) is 2.78. The molecule has 0 aliphatic rings. The summed E-state index contributed by atoms with van der Waals surface area (Å²) in [5, 5.41) is 4.78. The average Bonchev–Trinajstić information content (AvgIpc) is 2.74. The summed E-state index contributed by atoms with van der Waals surface area (Å²) < 4.78 is 18.3. The van der Waals surface area contributed by atoms with Crippen LogP contribution in [0.25, 0.3) is 10.9 Å². The summed E-state index contributed by atoms with van der Waals surface area (Å²) in [5.41, 5.74) is 0.951. The molecule has 3 aromatic rings. The Morgan fingerprint density at radius 1 is 1.19 bits per heavy atom. The van der Waals surface area contributed by atoms with Gasteiger partial charge in [0.2, 0.25) is 0 Å². The van der Waals surface area contributed by atoms with Gasteiger partial charge in [0.15, 0.2) is 17.6 Å². The van der Waals surface area contributed by atoms with E-state index < -0.39 is 12.1 Å². The van der Waals surface area contributed by atoms with Crippen molar-refractivity contribution in [2.75, 3.05) is 14.2 Å². The number of fused-ring (bicyclic) bond motifs is 1. The largest absolute Gasteiger partial charge is 0.493 e. The number of carbonyl (C=O) groups is 1. The van der Waals surface area contributed by atoms with Crippen molar-refractivity contribution in [1.29, 1.82) is 0 Å². The van der Waals surface area contributed by atoms with Gasteiger partial charge in [-0.25, -0.2) is 9.78 Å². The Labute approximate surface area is 195 Å². The molecule has 2 aromatic carbocycles. The summed E-state index contributed by atoms with van der Waals surface area (Å²) in [5.74, 6) is 0.695. The van der Waals surface area contributed by atoms with Gasteiger partial charge in [-0.2, -0.15) is 9.78 Å². The Hall–Kier alpha value is -2.72. The SMILES string of the molecule is COC(=O)[C@@H](C)Oc1cc(Br)c(C=Nn2c(C)nc3ccc(Br)cc3c2=O)cc1OC. The molecule has 0 saturated carbocycles. The molecule has 0 unspecified atom stereocenters. The van der Waals surface area contributed by atoms with E-state index in [0.717, 1.165) is 4.47 Å². The van der Waals surface area contributed by atoms with Gasteiger partial charge in [-0.05, 0) is 60.1 Å². The van der Waals surface area contributed by atoms with Crippen LogP contribution in [0.3, 0.4) is 0 Å². The minimum absolute atomic E-state index is 0.282. The number of ether oxygens (including phenoxy) is 3. The lowest BCUT2D eigenvalue weighted by molar-refractivity contribution is -0.147. The fourth-order valence-electron chi connectivity index (χ4n) is 2.82. The Morgan fingerprint density at radius 2 is 1.94 bits per heavy atom. The lowest BCUT2D eigenvalue weighted by Crippen LogP contribution is -2.25. The molecule has 1 heterocycles. The van der Waals surface area contributed by atoms with Crippen LogP contribution in [0.5, 0.6) is 11.5 Å². The third-order valence-corrected chi connectivity index (χ3v) is 5.58. The number of nitrogens with zero attached hydrogens (tertiary/aromatic N) is 3. The van der Waals surface area contributed by atoms with Crippen LogP contribution in [-0.4, -0.2) is 42.2 Å². The lowest BCUT2D eigenvalue weighted by Gasteiger charge is -2.16. The van der Waals surface area contributed by atoms with E-state index in [2.05, 4.69) is 46.7 Å². The molecular formula is C21H19Br2N3O5. The standard InChI is InChI=1S/C21H19Br2N3O5/c1-11(21(28)30-4)31-19-9-16(23)13(7-18(19)29-3)10-24-26-12(2)25-17-6-5-14(22)8-15(17)20(26)27/h5-11H,1-4H3/t11-/m1/s1. The number of hydrogen-bond acceptors (Lipinski definition) is 7. The van der Waals surface area contributed by atoms with E-state index in [9.17, 15) is 9.59 Å². The van der Waals surface area contributed by atoms with Crippen molar-refractivity contribution in [3.8, 4) is 11.5 Å². The predicted octanol–water partition coefficient (Wildman–Crippen LogP) is 4.06. The molecule has 0 aliphatic carbocycles. The summed E-state index contributed by atoms with van der Waals surface area (Å²) in [6, 6.07) is 8.65. The monoisotopic (exact) mass is 551 g/mol. The number of esters is 1. The Kier molecular flexibility index (Phi) is 7.11. The third-order valence-electron chi connectivity index (χ3n) is 4.40. The molecule has 0 aliphatic heterocycles. The molecule has 0 saturated heterocycles. The Morgan fingerprint density at radius 3 is 2.61 bits per heavy atom. The minimum Gasteiger partial charge on any atom is -0.493 e. The van der Waals surface area contributed by atoms with E-state index in [-0.39, 0.29) is 5.56 Å².